The standard InChI is InChI=1S/C17H20ClN/c1-3-13-6-5-7-14(10-13)17-11-16(18)9-8-15(17)12-19-4-2/h5-11,19H,3-4,12H2,1-2H3. The van der Waals surface area contributed by atoms with Crippen LogP contribution in [0.25, 0.3) is 11.1 Å². The molecule has 2 heteroatoms. The Labute approximate surface area is 120 Å². The van der Waals surface area contributed by atoms with E-state index in [4.69, 9.17) is 11.6 Å². The van der Waals surface area contributed by atoms with Crippen LogP contribution in [-0.2, 0) is 13.0 Å². The molecular formula is C17H20ClN. The Morgan fingerprint density at radius 1 is 1.05 bits per heavy atom. The summed E-state index contributed by atoms with van der Waals surface area (Å²) in [6.07, 6.45) is 1.05. The summed E-state index contributed by atoms with van der Waals surface area (Å²) < 4.78 is 0. The van der Waals surface area contributed by atoms with Gasteiger partial charge in [0.05, 0.1) is 0 Å². The molecule has 1 N–H and O–H groups in total. The van der Waals surface area contributed by atoms with Gasteiger partial charge in [0.15, 0.2) is 0 Å². The average molecular weight is 274 g/mol. The molecule has 2 aromatic carbocycles. The van der Waals surface area contributed by atoms with E-state index in [0.29, 0.717) is 0 Å². The highest BCUT2D eigenvalue weighted by Crippen LogP contribution is 2.28. The van der Waals surface area contributed by atoms with Crippen molar-refractivity contribution < 1.29 is 0 Å². The minimum atomic E-state index is 0.789. The highest BCUT2D eigenvalue weighted by Gasteiger charge is 2.06. The molecule has 0 fully saturated rings. The van der Waals surface area contributed by atoms with Crippen LogP contribution in [0, 0.1) is 0 Å². The Hall–Kier alpha value is -1.31. The van der Waals surface area contributed by atoms with Gasteiger partial charge in [0.2, 0.25) is 0 Å². The van der Waals surface area contributed by atoms with E-state index in [1.807, 2.05) is 6.07 Å². The zero-order valence-corrected chi connectivity index (χ0v) is 12.3. The molecule has 2 rings (SSSR count). The van der Waals surface area contributed by atoms with Crippen LogP contribution in [0.15, 0.2) is 42.5 Å². The van der Waals surface area contributed by atoms with Gasteiger partial charge in [0, 0.05) is 11.6 Å². The molecule has 0 radical (unpaired) electrons. The summed E-state index contributed by atoms with van der Waals surface area (Å²) in [5.74, 6) is 0. The Bertz CT molecular complexity index is 549. The average Bonchev–Trinajstić information content (AvgIpc) is 2.46. The van der Waals surface area contributed by atoms with E-state index in [1.165, 1.54) is 22.3 Å². The van der Waals surface area contributed by atoms with Gasteiger partial charge in [-0.3, -0.25) is 0 Å². The van der Waals surface area contributed by atoms with Crippen molar-refractivity contribution in [1.82, 2.24) is 5.32 Å². The third-order valence-corrected chi connectivity index (χ3v) is 3.52. The van der Waals surface area contributed by atoms with Crippen molar-refractivity contribution >= 4 is 11.6 Å². The number of hydrogen-bond acceptors (Lipinski definition) is 1. The lowest BCUT2D eigenvalue weighted by Crippen LogP contribution is -2.12. The predicted molar refractivity (Wildman–Crippen MR) is 83.6 cm³/mol. The van der Waals surface area contributed by atoms with Crippen LogP contribution in [-0.4, -0.2) is 6.54 Å². The summed E-state index contributed by atoms with van der Waals surface area (Å²) in [5, 5.41) is 4.17. The topological polar surface area (TPSA) is 12.0 Å². The summed E-state index contributed by atoms with van der Waals surface area (Å²) >= 11 is 6.15. The number of rotatable bonds is 5. The Kier molecular flexibility index (Phi) is 5.00. The molecule has 0 aliphatic rings. The van der Waals surface area contributed by atoms with Crippen LogP contribution in [0.5, 0.6) is 0 Å². The molecule has 2 aromatic rings. The van der Waals surface area contributed by atoms with E-state index in [0.717, 1.165) is 24.5 Å². The summed E-state index contributed by atoms with van der Waals surface area (Å²) in [6, 6.07) is 14.8. The smallest absolute Gasteiger partial charge is 0.0412 e. The van der Waals surface area contributed by atoms with Gasteiger partial charge in [-0.2, -0.15) is 0 Å². The molecule has 0 aliphatic carbocycles. The summed E-state index contributed by atoms with van der Waals surface area (Å²) in [7, 11) is 0. The lowest BCUT2D eigenvalue weighted by atomic mass is 9.97. The first kappa shape index (κ1) is 14.1. The fraction of sp³-hybridized carbons (Fsp3) is 0.294. The maximum Gasteiger partial charge on any atom is 0.0412 e. The summed E-state index contributed by atoms with van der Waals surface area (Å²) in [5.41, 5.74) is 5.12. The van der Waals surface area contributed by atoms with E-state index in [2.05, 4.69) is 55.6 Å². The minimum Gasteiger partial charge on any atom is -0.313 e. The van der Waals surface area contributed by atoms with E-state index in [1.54, 1.807) is 0 Å². The number of hydrogen-bond donors (Lipinski definition) is 1. The Morgan fingerprint density at radius 3 is 2.63 bits per heavy atom. The van der Waals surface area contributed by atoms with Crippen LogP contribution in [0.2, 0.25) is 5.02 Å². The molecule has 0 saturated heterocycles. The molecule has 0 aromatic heterocycles. The number of benzene rings is 2. The number of nitrogens with one attached hydrogen (secondary N) is 1. The highest BCUT2D eigenvalue weighted by molar-refractivity contribution is 6.30. The van der Waals surface area contributed by atoms with Gasteiger partial charge in [0.1, 0.15) is 0 Å². The second-order valence-electron chi connectivity index (χ2n) is 4.64. The van der Waals surface area contributed by atoms with Crippen LogP contribution < -0.4 is 5.32 Å². The van der Waals surface area contributed by atoms with Gasteiger partial charge in [-0.1, -0.05) is 55.8 Å². The second-order valence-corrected chi connectivity index (χ2v) is 5.07. The molecule has 0 heterocycles. The normalized spacial score (nSPS) is 10.7. The molecule has 0 amide bonds. The zero-order valence-electron chi connectivity index (χ0n) is 11.5. The number of aryl methyl sites for hydroxylation is 1. The predicted octanol–water partition coefficient (Wildman–Crippen LogP) is 4.68. The van der Waals surface area contributed by atoms with Crippen molar-refractivity contribution in [3.8, 4) is 11.1 Å². The first-order valence-corrected chi connectivity index (χ1v) is 7.20. The third kappa shape index (κ3) is 3.59. The van der Waals surface area contributed by atoms with E-state index in [9.17, 15) is 0 Å². The van der Waals surface area contributed by atoms with Crippen LogP contribution >= 0.6 is 11.6 Å². The molecular weight excluding hydrogens is 254 g/mol. The Morgan fingerprint density at radius 2 is 1.89 bits per heavy atom. The van der Waals surface area contributed by atoms with Crippen molar-refractivity contribution in [2.75, 3.05) is 6.54 Å². The summed E-state index contributed by atoms with van der Waals surface area (Å²) in [6.45, 7) is 6.14. The van der Waals surface area contributed by atoms with Crippen molar-refractivity contribution in [3.05, 3.63) is 58.6 Å². The van der Waals surface area contributed by atoms with Crippen molar-refractivity contribution in [2.45, 2.75) is 26.8 Å². The van der Waals surface area contributed by atoms with Gasteiger partial charge < -0.3 is 5.32 Å². The summed E-state index contributed by atoms with van der Waals surface area (Å²) in [4.78, 5) is 0. The minimum absolute atomic E-state index is 0.789. The fourth-order valence-electron chi connectivity index (χ4n) is 2.19. The van der Waals surface area contributed by atoms with Gasteiger partial charge in [-0.25, -0.2) is 0 Å². The van der Waals surface area contributed by atoms with Gasteiger partial charge >= 0.3 is 0 Å². The highest BCUT2D eigenvalue weighted by atomic mass is 35.5. The van der Waals surface area contributed by atoms with Crippen molar-refractivity contribution in [3.63, 3.8) is 0 Å². The molecule has 0 saturated carbocycles. The second kappa shape index (κ2) is 6.74. The molecule has 0 aliphatic heterocycles. The van der Waals surface area contributed by atoms with Crippen molar-refractivity contribution in [2.24, 2.45) is 0 Å². The molecule has 0 unspecified atom stereocenters. The fourth-order valence-corrected chi connectivity index (χ4v) is 2.36. The van der Waals surface area contributed by atoms with E-state index < -0.39 is 0 Å². The van der Waals surface area contributed by atoms with Crippen LogP contribution in [0.1, 0.15) is 25.0 Å². The molecule has 100 valence electrons. The molecule has 19 heavy (non-hydrogen) atoms. The monoisotopic (exact) mass is 273 g/mol. The van der Waals surface area contributed by atoms with Gasteiger partial charge in [-0.15, -0.1) is 0 Å². The maximum absolute atomic E-state index is 6.15. The van der Waals surface area contributed by atoms with Gasteiger partial charge in [-0.05, 0) is 47.4 Å². The first-order chi connectivity index (χ1) is 9.24. The molecule has 0 bridgehead atoms. The third-order valence-electron chi connectivity index (χ3n) is 3.28. The van der Waals surface area contributed by atoms with Gasteiger partial charge in [0.25, 0.3) is 0 Å². The quantitative estimate of drug-likeness (QED) is 0.834. The van der Waals surface area contributed by atoms with Crippen molar-refractivity contribution in [1.29, 1.82) is 0 Å². The molecule has 1 nitrogen and oxygen atoms in total. The largest absolute Gasteiger partial charge is 0.313 e. The SMILES string of the molecule is CCNCc1ccc(Cl)cc1-c1cccc(CC)c1. The lowest BCUT2D eigenvalue weighted by Gasteiger charge is -2.12. The lowest BCUT2D eigenvalue weighted by molar-refractivity contribution is 0.728. The van der Waals surface area contributed by atoms with E-state index >= 15 is 0 Å². The molecule has 0 spiro atoms. The maximum atomic E-state index is 6.15. The number of halogens is 1. The van der Waals surface area contributed by atoms with Crippen LogP contribution in [0.3, 0.4) is 0 Å². The zero-order chi connectivity index (χ0) is 13.7. The van der Waals surface area contributed by atoms with Crippen LogP contribution in [0.4, 0.5) is 0 Å². The Balaban J connectivity index is 2.43. The first-order valence-electron chi connectivity index (χ1n) is 6.83. The molecule has 0 atom stereocenters. The van der Waals surface area contributed by atoms with E-state index in [-0.39, 0.29) is 0 Å².